The molecule has 0 unspecified atom stereocenters. The van der Waals surface area contributed by atoms with Gasteiger partial charge in [0.2, 0.25) is 10.0 Å². The maximum absolute atomic E-state index is 13.6. The van der Waals surface area contributed by atoms with E-state index in [9.17, 15) is 12.8 Å². The van der Waals surface area contributed by atoms with Crippen molar-refractivity contribution >= 4 is 10.0 Å². The van der Waals surface area contributed by atoms with Gasteiger partial charge >= 0.3 is 0 Å². The van der Waals surface area contributed by atoms with Crippen LogP contribution in [0.3, 0.4) is 0 Å². The Hall–Kier alpha value is -0.980. The maximum atomic E-state index is 13.6. The predicted molar refractivity (Wildman–Crippen MR) is 76.3 cm³/mol. The molecule has 2 rings (SSSR count). The fraction of sp³-hybridized carbons (Fsp3) is 0.571. The van der Waals surface area contributed by atoms with Crippen molar-refractivity contribution in [3.8, 4) is 0 Å². The number of halogens is 1. The molecule has 0 aromatic heterocycles. The second-order valence-corrected chi connectivity index (χ2v) is 7.47. The van der Waals surface area contributed by atoms with Gasteiger partial charge in [0.05, 0.1) is 4.90 Å². The zero-order valence-corrected chi connectivity index (χ0v) is 12.7. The first-order chi connectivity index (χ1) is 9.32. The lowest BCUT2D eigenvalue weighted by atomic mass is 9.93. The van der Waals surface area contributed by atoms with Gasteiger partial charge < -0.3 is 5.73 Å². The summed E-state index contributed by atoms with van der Waals surface area (Å²) in [6.45, 7) is 4.39. The van der Waals surface area contributed by atoms with Gasteiger partial charge in [-0.05, 0) is 50.3 Å². The summed E-state index contributed by atoms with van der Waals surface area (Å²) in [6.07, 6.45) is 1.73. The number of hydrogen-bond donors (Lipinski definition) is 1. The van der Waals surface area contributed by atoms with Crippen LogP contribution in [0.5, 0.6) is 0 Å². The Balaban J connectivity index is 2.27. The van der Waals surface area contributed by atoms with Crippen molar-refractivity contribution in [3.63, 3.8) is 0 Å². The van der Waals surface area contributed by atoms with E-state index in [1.807, 2.05) is 6.92 Å². The SMILES string of the molecule is Cc1ccc(S(=O)(=O)N2CCC[C@H]([C@@H](C)N)C2)cc1F. The molecule has 1 aliphatic rings. The lowest BCUT2D eigenvalue weighted by Gasteiger charge is -2.33. The summed E-state index contributed by atoms with van der Waals surface area (Å²) in [6, 6.07) is 4.02. The predicted octanol–water partition coefficient (Wildman–Crippen LogP) is 1.88. The largest absolute Gasteiger partial charge is 0.328 e. The minimum absolute atomic E-state index is 0.0194. The standard InChI is InChI=1S/C14H21FN2O2S/c1-10-5-6-13(8-14(10)15)20(18,19)17-7-3-4-12(9-17)11(2)16/h5-6,8,11-12H,3-4,7,9,16H2,1-2H3/t11-,12+/m1/s1. The Morgan fingerprint density at radius 3 is 2.75 bits per heavy atom. The molecule has 1 aromatic carbocycles. The number of benzene rings is 1. The molecule has 0 spiro atoms. The molecule has 0 radical (unpaired) electrons. The lowest BCUT2D eigenvalue weighted by molar-refractivity contribution is 0.243. The van der Waals surface area contributed by atoms with Crippen LogP contribution in [0.1, 0.15) is 25.3 Å². The molecule has 6 heteroatoms. The smallest absolute Gasteiger partial charge is 0.243 e. The highest BCUT2D eigenvalue weighted by atomic mass is 32.2. The number of piperidine rings is 1. The van der Waals surface area contributed by atoms with E-state index in [0.717, 1.165) is 18.9 Å². The summed E-state index contributed by atoms with van der Waals surface area (Å²) in [5.74, 6) is -0.333. The normalized spacial score (nSPS) is 22.7. The third-order valence-electron chi connectivity index (χ3n) is 3.95. The zero-order valence-electron chi connectivity index (χ0n) is 11.8. The van der Waals surface area contributed by atoms with Crippen molar-refractivity contribution in [2.24, 2.45) is 11.7 Å². The Morgan fingerprint density at radius 2 is 2.15 bits per heavy atom. The maximum Gasteiger partial charge on any atom is 0.243 e. The van der Waals surface area contributed by atoms with Crippen molar-refractivity contribution < 1.29 is 12.8 Å². The second-order valence-electron chi connectivity index (χ2n) is 5.54. The zero-order chi connectivity index (χ0) is 14.9. The van der Waals surface area contributed by atoms with Crippen molar-refractivity contribution in [3.05, 3.63) is 29.6 Å². The van der Waals surface area contributed by atoms with E-state index in [0.29, 0.717) is 18.7 Å². The minimum Gasteiger partial charge on any atom is -0.328 e. The summed E-state index contributed by atoms with van der Waals surface area (Å²) in [4.78, 5) is 0.0194. The van der Waals surface area contributed by atoms with E-state index >= 15 is 0 Å². The number of hydrogen-bond acceptors (Lipinski definition) is 3. The van der Waals surface area contributed by atoms with Gasteiger partial charge in [-0.3, -0.25) is 0 Å². The Bertz CT molecular complexity index is 587. The molecule has 1 heterocycles. The van der Waals surface area contributed by atoms with Crippen LogP contribution < -0.4 is 5.73 Å². The molecule has 2 atom stereocenters. The van der Waals surface area contributed by atoms with Gasteiger partial charge in [0, 0.05) is 19.1 Å². The quantitative estimate of drug-likeness (QED) is 0.927. The molecule has 1 aliphatic heterocycles. The summed E-state index contributed by atoms with van der Waals surface area (Å²) in [5, 5.41) is 0. The first kappa shape index (κ1) is 15.4. The van der Waals surface area contributed by atoms with Crippen LogP contribution >= 0.6 is 0 Å². The molecule has 1 saturated heterocycles. The molecule has 2 N–H and O–H groups in total. The molecule has 4 nitrogen and oxygen atoms in total. The van der Waals surface area contributed by atoms with Gasteiger partial charge in [0.15, 0.2) is 0 Å². The van der Waals surface area contributed by atoms with Gasteiger partial charge in [-0.1, -0.05) is 6.07 Å². The van der Waals surface area contributed by atoms with Crippen molar-refractivity contribution in [2.45, 2.75) is 37.6 Å². The molecule has 0 saturated carbocycles. The van der Waals surface area contributed by atoms with Crippen LogP contribution in [0, 0.1) is 18.7 Å². The number of aryl methyl sites for hydroxylation is 1. The number of nitrogens with two attached hydrogens (primary N) is 1. The van der Waals surface area contributed by atoms with E-state index in [1.54, 1.807) is 6.92 Å². The van der Waals surface area contributed by atoms with Crippen LogP contribution in [0.4, 0.5) is 4.39 Å². The first-order valence-corrected chi connectivity index (χ1v) is 8.28. The minimum atomic E-state index is -3.63. The Kier molecular flexibility index (Phi) is 4.46. The van der Waals surface area contributed by atoms with Gasteiger partial charge in [-0.15, -0.1) is 0 Å². The summed E-state index contributed by atoms with van der Waals surface area (Å²) in [5.41, 5.74) is 6.31. The van der Waals surface area contributed by atoms with Crippen molar-refractivity contribution in [1.82, 2.24) is 4.31 Å². The summed E-state index contributed by atoms with van der Waals surface area (Å²) >= 11 is 0. The molecule has 112 valence electrons. The Labute approximate surface area is 119 Å². The fourth-order valence-corrected chi connectivity index (χ4v) is 4.05. The van der Waals surface area contributed by atoms with Crippen molar-refractivity contribution in [2.75, 3.05) is 13.1 Å². The molecule has 1 aromatic rings. The third-order valence-corrected chi connectivity index (χ3v) is 5.81. The summed E-state index contributed by atoms with van der Waals surface area (Å²) in [7, 11) is -3.63. The van der Waals surface area contributed by atoms with E-state index in [1.165, 1.54) is 16.4 Å². The van der Waals surface area contributed by atoms with Gasteiger partial charge in [-0.25, -0.2) is 12.8 Å². The van der Waals surface area contributed by atoms with Gasteiger partial charge in [0.25, 0.3) is 0 Å². The highest BCUT2D eigenvalue weighted by Gasteiger charge is 2.31. The summed E-state index contributed by atoms with van der Waals surface area (Å²) < 4.78 is 40.1. The molecule has 20 heavy (non-hydrogen) atoms. The van der Waals surface area contributed by atoms with Gasteiger partial charge in [0.1, 0.15) is 5.82 Å². The average molecular weight is 300 g/mol. The lowest BCUT2D eigenvalue weighted by Crippen LogP contribution is -2.44. The molecule has 1 fully saturated rings. The van der Waals surface area contributed by atoms with Crippen LogP contribution in [0.25, 0.3) is 0 Å². The number of sulfonamides is 1. The monoisotopic (exact) mass is 300 g/mol. The first-order valence-electron chi connectivity index (χ1n) is 6.84. The Morgan fingerprint density at radius 1 is 1.45 bits per heavy atom. The van der Waals surface area contributed by atoms with Crippen molar-refractivity contribution in [1.29, 1.82) is 0 Å². The third kappa shape index (κ3) is 3.02. The molecule has 0 amide bonds. The highest BCUT2D eigenvalue weighted by molar-refractivity contribution is 7.89. The van der Waals surface area contributed by atoms with E-state index in [-0.39, 0.29) is 16.9 Å². The number of rotatable bonds is 3. The van der Waals surface area contributed by atoms with E-state index < -0.39 is 15.8 Å². The van der Waals surface area contributed by atoms with Crippen LogP contribution in [-0.2, 0) is 10.0 Å². The van der Waals surface area contributed by atoms with E-state index in [4.69, 9.17) is 5.73 Å². The average Bonchev–Trinajstić information content (AvgIpc) is 2.42. The molecule has 0 bridgehead atoms. The molecular formula is C14H21FN2O2S. The highest BCUT2D eigenvalue weighted by Crippen LogP contribution is 2.25. The number of nitrogens with zero attached hydrogens (tertiary/aromatic N) is 1. The van der Waals surface area contributed by atoms with Gasteiger partial charge in [-0.2, -0.15) is 4.31 Å². The fourth-order valence-electron chi connectivity index (χ4n) is 2.50. The molecule has 0 aliphatic carbocycles. The van der Waals surface area contributed by atoms with E-state index in [2.05, 4.69) is 0 Å². The topological polar surface area (TPSA) is 63.4 Å². The van der Waals surface area contributed by atoms with Crippen LogP contribution in [-0.4, -0.2) is 31.9 Å². The second kappa shape index (κ2) is 5.79. The molecular weight excluding hydrogens is 279 g/mol. The van der Waals surface area contributed by atoms with Crippen LogP contribution in [0.15, 0.2) is 23.1 Å². The van der Waals surface area contributed by atoms with Crippen LogP contribution in [0.2, 0.25) is 0 Å².